The predicted octanol–water partition coefficient (Wildman–Crippen LogP) is 1.85. The normalized spacial score (nSPS) is 13.9. The molecular weight excluding hydrogens is 376 g/mol. The molecule has 0 saturated carbocycles. The molecule has 29 heavy (non-hydrogen) atoms. The summed E-state index contributed by atoms with van der Waals surface area (Å²) in [7, 11) is -1.06. The van der Waals surface area contributed by atoms with Crippen LogP contribution in [0.25, 0.3) is 0 Å². The molecule has 0 fully saturated rings. The van der Waals surface area contributed by atoms with E-state index in [0.29, 0.717) is 28.8 Å². The highest BCUT2D eigenvalue weighted by Crippen LogP contribution is 2.17. The Morgan fingerprint density at radius 2 is 1.93 bits per heavy atom. The summed E-state index contributed by atoms with van der Waals surface area (Å²) in [5.74, 6) is -1.57. The Morgan fingerprint density at radius 1 is 1.24 bits per heavy atom. The number of carbonyl (C=O) groups excluding carboxylic acids is 2. The minimum atomic E-state index is -1.06. The summed E-state index contributed by atoms with van der Waals surface area (Å²) < 4.78 is 23.5. The van der Waals surface area contributed by atoms with Crippen molar-refractivity contribution in [3.05, 3.63) is 64.5 Å². The van der Waals surface area contributed by atoms with Crippen molar-refractivity contribution in [3.63, 3.8) is 0 Å². The van der Waals surface area contributed by atoms with Crippen LogP contribution in [0.1, 0.15) is 40.9 Å². The van der Waals surface area contributed by atoms with Crippen molar-refractivity contribution in [2.45, 2.75) is 40.0 Å². The summed E-state index contributed by atoms with van der Waals surface area (Å²) in [6.45, 7) is 5.63. The lowest BCUT2D eigenvalue weighted by Gasteiger charge is -2.22. The van der Waals surface area contributed by atoms with Gasteiger partial charge >= 0.3 is 13.1 Å². The molecule has 1 amide bonds. The number of hydrogen-bond donors (Lipinski definition) is 2. The third-order valence-electron chi connectivity index (χ3n) is 4.99. The molecule has 6 nitrogen and oxygen atoms in total. The van der Waals surface area contributed by atoms with Gasteiger partial charge in [-0.3, -0.25) is 4.79 Å². The van der Waals surface area contributed by atoms with E-state index in [9.17, 15) is 19.0 Å². The number of ether oxygens (including phenoxy) is 1. The fourth-order valence-electron chi connectivity index (χ4n) is 3.29. The molecule has 8 heteroatoms. The Labute approximate surface area is 169 Å². The van der Waals surface area contributed by atoms with Gasteiger partial charge in [-0.15, -0.1) is 0 Å². The van der Waals surface area contributed by atoms with Gasteiger partial charge in [0, 0.05) is 5.56 Å². The average molecular weight is 399 g/mol. The Hall–Kier alpha value is -2.71. The molecule has 2 aromatic rings. The highest BCUT2D eigenvalue weighted by Gasteiger charge is 2.32. The first kappa shape index (κ1) is 21.0. The Kier molecular flexibility index (Phi) is 6.34. The smallest absolute Gasteiger partial charge is 0.459 e. The zero-order valence-electron chi connectivity index (χ0n) is 16.6. The number of rotatable bonds is 6. The van der Waals surface area contributed by atoms with E-state index < -0.39 is 25.0 Å². The van der Waals surface area contributed by atoms with E-state index in [1.807, 2.05) is 0 Å². The number of hydrogen-bond acceptors (Lipinski definition) is 5. The minimum absolute atomic E-state index is 0.0143. The average Bonchev–Trinajstić information content (AvgIpc) is 3.07. The van der Waals surface area contributed by atoms with Crippen molar-refractivity contribution < 1.29 is 28.4 Å². The maximum absolute atomic E-state index is 13.0. The first-order chi connectivity index (χ1) is 13.8. The molecule has 0 aliphatic carbocycles. The molecule has 3 rings (SSSR count). The van der Waals surface area contributed by atoms with Gasteiger partial charge in [0.15, 0.2) is 0 Å². The highest BCUT2D eigenvalue weighted by molar-refractivity contribution is 6.62. The van der Waals surface area contributed by atoms with Crippen LogP contribution in [-0.4, -0.2) is 30.1 Å². The fourth-order valence-corrected chi connectivity index (χ4v) is 3.29. The number of fused-ring (bicyclic) bond motifs is 1. The molecule has 152 valence electrons. The molecule has 0 unspecified atom stereocenters. The van der Waals surface area contributed by atoms with Gasteiger partial charge in [0.1, 0.15) is 18.5 Å². The summed E-state index contributed by atoms with van der Waals surface area (Å²) in [6.07, 6.45) is 0. The SMILES string of the molecule is Cc1c(C(=O)N[C@@H](C(=O)OCc2ccc(F)cc2)C(C)C)ccc2c1B(O)OC2. The predicted molar refractivity (Wildman–Crippen MR) is 106 cm³/mol. The summed E-state index contributed by atoms with van der Waals surface area (Å²) >= 11 is 0. The molecule has 1 heterocycles. The van der Waals surface area contributed by atoms with Crippen LogP contribution in [0.15, 0.2) is 36.4 Å². The number of amides is 1. The van der Waals surface area contributed by atoms with Gasteiger partial charge in [-0.05, 0) is 53.2 Å². The van der Waals surface area contributed by atoms with Crippen LogP contribution in [-0.2, 0) is 27.4 Å². The molecule has 1 atom stereocenters. The lowest BCUT2D eigenvalue weighted by Crippen LogP contribution is -2.46. The first-order valence-corrected chi connectivity index (χ1v) is 9.42. The molecule has 0 bridgehead atoms. The largest absolute Gasteiger partial charge is 0.492 e. The Morgan fingerprint density at radius 3 is 2.59 bits per heavy atom. The number of halogens is 1. The van der Waals surface area contributed by atoms with E-state index in [0.717, 1.165) is 5.56 Å². The van der Waals surface area contributed by atoms with Gasteiger partial charge in [-0.1, -0.05) is 32.0 Å². The Bertz CT molecular complexity index is 916. The number of carbonyl (C=O) groups is 2. The van der Waals surface area contributed by atoms with Crippen LogP contribution >= 0.6 is 0 Å². The zero-order chi connectivity index (χ0) is 21.1. The number of nitrogens with one attached hydrogen (secondary N) is 1. The standard InChI is InChI=1S/C21H23BFNO5/c1-12(2)19(21(26)28-10-14-4-7-16(23)8-5-14)24-20(25)17-9-6-15-11-29-22(27)18(15)13(17)3/h4-9,12,19,27H,10-11H2,1-3H3,(H,24,25)/t19-/m1/s1. The minimum Gasteiger partial charge on any atom is -0.459 e. The van der Waals surface area contributed by atoms with Crippen molar-refractivity contribution in [1.29, 1.82) is 0 Å². The van der Waals surface area contributed by atoms with Crippen LogP contribution < -0.4 is 10.8 Å². The molecule has 1 aliphatic heterocycles. The van der Waals surface area contributed by atoms with Gasteiger partial charge in [0.2, 0.25) is 0 Å². The van der Waals surface area contributed by atoms with Gasteiger partial charge in [0.05, 0.1) is 6.61 Å². The molecule has 1 aliphatic rings. The summed E-state index contributed by atoms with van der Waals surface area (Å²) in [6, 6.07) is 8.20. The molecular formula is C21H23BFNO5. The second-order valence-corrected chi connectivity index (χ2v) is 7.40. The Balaban J connectivity index is 1.70. The van der Waals surface area contributed by atoms with Gasteiger partial charge in [-0.25, -0.2) is 9.18 Å². The monoisotopic (exact) mass is 399 g/mol. The van der Waals surface area contributed by atoms with E-state index in [4.69, 9.17) is 9.39 Å². The number of benzene rings is 2. The van der Waals surface area contributed by atoms with Crippen LogP contribution in [0.3, 0.4) is 0 Å². The second-order valence-electron chi connectivity index (χ2n) is 7.40. The van der Waals surface area contributed by atoms with Crippen LogP contribution in [0, 0.1) is 18.7 Å². The van der Waals surface area contributed by atoms with Crippen molar-refractivity contribution in [3.8, 4) is 0 Å². The zero-order valence-corrected chi connectivity index (χ0v) is 16.6. The maximum atomic E-state index is 13.0. The number of esters is 1. The lowest BCUT2D eigenvalue weighted by molar-refractivity contribution is -0.148. The summed E-state index contributed by atoms with van der Waals surface area (Å²) in [4.78, 5) is 25.4. The van der Waals surface area contributed by atoms with E-state index in [1.165, 1.54) is 24.3 Å². The van der Waals surface area contributed by atoms with Gasteiger partial charge in [0.25, 0.3) is 5.91 Å². The van der Waals surface area contributed by atoms with Crippen molar-refractivity contribution in [2.75, 3.05) is 0 Å². The fraction of sp³-hybridized carbons (Fsp3) is 0.333. The molecule has 2 aromatic carbocycles. The quantitative estimate of drug-likeness (QED) is 0.572. The molecule has 0 spiro atoms. The maximum Gasteiger partial charge on any atom is 0.492 e. The lowest BCUT2D eigenvalue weighted by atomic mass is 9.75. The van der Waals surface area contributed by atoms with Crippen LogP contribution in [0.2, 0.25) is 0 Å². The van der Waals surface area contributed by atoms with Crippen molar-refractivity contribution in [2.24, 2.45) is 5.92 Å². The first-order valence-electron chi connectivity index (χ1n) is 9.42. The van der Waals surface area contributed by atoms with Gasteiger partial charge < -0.3 is 19.7 Å². The van der Waals surface area contributed by atoms with E-state index >= 15 is 0 Å². The van der Waals surface area contributed by atoms with E-state index in [1.54, 1.807) is 32.9 Å². The van der Waals surface area contributed by atoms with E-state index in [2.05, 4.69) is 5.32 Å². The van der Waals surface area contributed by atoms with Crippen molar-refractivity contribution in [1.82, 2.24) is 5.32 Å². The molecule has 2 N–H and O–H groups in total. The summed E-state index contributed by atoms with van der Waals surface area (Å²) in [5.41, 5.74) is 3.07. The van der Waals surface area contributed by atoms with Crippen LogP contribution in [0.5, 0.6) is 0 Å². The van der Waals surface area contributed by atoms with Crippen LogP contribution in [0.4, 0.5) is 4.39 Å². The third-order valence-corrected chi connectivity index (χ3v) is 4.99. The molecule has 0 radical (unpaired) electrons. The second kappa shape index (κ2) is 8.76. The molecule has 0 saturated heterocycles. The van der Waals surface area contributed by atoms with E-state index in [-0.39, 0.29) is 18.3 Å². The topological polar surface area (TPSA) is 84.9 Å². The van der Waals surface area contributed by atoms with Crippen molar-refractivity contribution >= 4 is 24.5 Å². The highest BCUT2D eigenvalue weighted by atomic mass is 19.1. The summed E-state index contributed by atoms with van der Waals surface area (Å²) in [5, 5.41) is 12.7. The third kappa shape index (κ3) is 4.66. The molecule has 0 aromatic heterocycles. The van der Waals surface area contributed by atoms with Gasteiger partial charge in [-0.2, -0.15) is 0 Å².